The Morgan fingerprint density at radius 3 is 2.12 bits per heavy atom. The van der Waals surface area contributed by atoms with Crippen LogP contribution in [-0.2, 0) is 19.0 Å². The molecule has 12 heteroatoms. The Hall–Kier alpha value is -0.930. The number of nitrogens with one attached hydrogen (secondary N) is 1. The highest BCUT2D eigenvalue weighted by Gasteiger charge is 2.47. The number of hydrogen-bond acceptors (Lipinski definition) is 11. The molecule has 0 aliphatic carbocycles. The predicted octanol–water partition coefficient (Wildman–Crippen LogP) is -5.25. The second-order valence-electron chi connectivity index (χ2n) is 6.30. The largest absolute Gasteiger partial charge is 0.394 e. The van der Waals surface area contributed by atoms with Gasteiger partial charge in [0.05, 0.1) is 13.2 Å². The van der Waals surface area contributed by atoms with Crippen LogP contribution in [0.15, 0.2) is 0 Å². The predicted molar refractivity (Wildman–Crippen MR) is 80.2 cm³/mol. The maximum absolute atomic E-state index is 11.1. The fraction of sp³-hybridized carbons (Fsp3) is 0.929. The van der Waals surface area contributed by atoms with Gasteiger partial charge in [0.2, 0.25) is 5.91 Å². The van der Waals surface area contributed by atoms with Crippen molar-refractivity contribution >= 4 is 5.91 Å². The average molecular weight is 383 g/mol. The molecule has 2 aliphatic heterocycles. The van der Waals surface area contributed by atoms with Gasteiger partial charge < -0.3 is 55.3 Å². The van der Waals surface area contributed by atoms with Gasteiger partial charge in [0, 0.05) is 6.92 Å². The molecule has 2 saturated heterocycles. The molecule has 26 heavy (non-hydrogen) atoms. The number of amides is 1. The molecule has 8 N–H and O–H groups in total. The molecule has 0 aromatic carbocycles. The summed E-state index contributed by atoms with van der Waals surface area (Å²) in [5, 5.41) is 70.6. The number of aliphatic hydroxyl groups is 7. The summed E-state index contributed by atoms with van der Waals surface area (Å²) >= 11 is 0. The van der Waals surface area contributed by atoms with Gasteiger partial charge in [0.15, 0.2) is 12.6 Å². The molecule has 0 bridgehead atoms. The van der Waals surface area contributed by atoms with Crippen molar-refractivity contribution < 1.29 is 54.8 Å². The lowest BCUT2D eigenvalue weighted by Crippen LogP contribution is -2.64. The van der Waals surface area contributed by atoms with Crippen LogP contribution in [0, 0.1) is 0 Å². The van der Waals surface area contributed by atoms with Gasteiger partial charge in [0.1, 0.15) is 48.8 Å². The molecule has 0 unspecified atom stereocenters. The SMILES string of the molecule is CC(=O)N[C@H]1[C@H](O)[C@H](O)[C@H](CO[C@@H]2O[C@H](CO)[C@H](O)[C@H](O)[C@H]2O)O[C@H]1O. The third-order valence-corrected chi connectivity index (χ3v) is 4.36. The van der Waals surface area contributed by atoms with Crippen molar-refractivity contribution in [2.24, 2.45) is 0 Å². The quantitative estimate of drug-likeness (QED) is 0.226. The third-order valence-electron chi connectivity index (χ3n) is 4.36. The summed E-state index contributed by atoms with van der Waals surface area (Å²) in [4.78, 5) is 11.1. The number of rotatable bonds is 5. The molecule has 1 amide bonds. The highest BCUT2D eigenvalue weighted by Crippen LogP contribution is 2.24. The Balaban J connectivity index is 1.95. The van der Waals surface area contributed by atoms with E-state index in [1.54, 1.807) is 0 Å². The van der Waals surface area contributed by atoms with Crippen LogP contribution in [0.3, 0.4) is 0 Å². The summed E-state index contributed by atoms with van der Waals surface area (Å²) in [5.74, 6) is -0.542. The van der Waals surface area contributed by atoms with Crippen LogP contribution in [0.5, 0.6) is 0 Å². The average Bonchev–Trinajstić information content (AvgIpc) is 2.59. The van der Waals surface area contributed by atoms with Gasteiger partial charge in [-0.25, -0.2) is 0 Å². The number of hydrogen-bond donors (Lipinski definition) is 8. The first-order chi connectivity index (χ1) is 12.2. The molecular weight excluding hydrogens is 358 g/mol. The van der Waals surface area contributed by atoms with Crippen molar-refractivity contribution in [1.29, 1.82) is 0 Å². The highest BCUT2D eigenvalue weighted by molar-refractivity contribution is 5.73. The maximum Gasteiger partial charge on any atom is 0.217 e. The van der Waals surface area contributed by atoms with Crippen molar-refractivity contribution in [3.63, 3.8) is 0 Å². The second kappa shape index (κ2) is 8.84. The number of ether oxygens (including phenoxy) is 3. The van der Waals surface area contributed by atoms with Crippen LogP contribution in [0.25, 0.3) is 0 Å². The second-order valence-corrected chi connectivity index (χ2v) is 6.30. The lowest BCUT2D eigenvalue weighted by molar-refractivity contribution is -0.318. The van der Waals surface area contributed by atoms with Crippen LogP contribution >= 0.6 is 0 Å². The lowest BCUT2D eigenvalue weighted by Gasteiger charge is -2.42. The Bertz CT molecular complexity index is 478. The van der Waals surface area contributed by atoms with E-state index in [2.05, 4.69) is 5.32 Å². The molecule has 0 spiro atoms. The van der Waals surface area contributed by atoms with Crippen molar-refractivity contribution in [3.8, 4) is 0 Å². The Morgan fingerprint density at radius 2 is 1.54 bits per heavy atom. The van der Waals surface area contributed by atoms with Crippen molar-refractivity contribution in [1.82, 2.24) is 5.32 Å². The molecule has 0 aromatic heterocycles. The zero-order valence-corrected chi connectivity index (χ0v) is 14.0. The first kappa shape index (κ1) is 21.4. The van der Waals surface area contributed by atoms with E-state index in [-0.39, 0.29) is 0 Å². The molecule has 152 valence electrons. The Labute approximate surface area is 148 Å². The molecule has 2 heterocycles. The molecular formula is C14H25NO11. The zero-order valence-electron chi connectivity index (χ0n) is 14.0. The standard InChI is InChI=1S/C14H25NO11/c1-4(17)15-7-10(20)9(19)6(25-13(7)23)3-24-14-12(22)11(21)8(18)5(2-16)26-14/h5-14,16,18-23H,2-3H2,1H3,(H,15,17)/t5-,6+,7+,8+,9-,10+,11+,12-,13-,14-/m1/s1. The van der Waals surface area contributed by atoms with E-state index >= 15 is 0 Å². The maximum atomic E-state index is 11.1. The van der Waals surface area contributed by atoms with E-state index in [9.17, 15) is 35.4 Å². The van der Waals surface area contributed by atoms with Crippen molar-refractivity contribution in [2.75, 3.05) is 13.2 Å². The lowest BCUT2D eigenvalue weighted by atomic mass is 9.97. The molecule has 2 fully saturated rings. The summed E-state index contributed by atoms with van der Waals surface area (Å²) in [5.41, 5.74) is 0. The summed E-state index contributed by atoms with van der Waals surface area (Å²) in [6, 6.07) is -1.24. The zero-order chi connectivity index (χ0) is 19.6. The number of carbonyl (C=O) groups is 1. The molecule has 12 nitrogen and oxygen atoms in total. The van der Waals surface area contributed by atoms with Crippen LogP contribution < -0.4 is 5.32 Å². The summed E-state index contributed by atoms with van der Waals surface area (Å²) in [6.45, 7) is 0.0636. The van der Waals surface area contributed by atoms with E-state index in [1.165, 1.54) is 6.92 Å². The minimum Gasteiger partial charge on any atom is -0.394 e. The van der Waals surface area contributed by atoms with Gasteiger partial charge in [-0.2, -0.15) is 0 Å². The van der Waals surface area contributed by atoms with E-state index in [0.29, 0.717) is 0 Å². The minimum absolute atomic E-state index is 0.467. The van der Waals surface area contributed by atoms with Gasteiger partial charge in [-0.15, -0.1) is 0 Å². The Kier molecular flexibility index (Phi) is 7.27. The number of aliphatic hydroxyl groups excluding tert-OH is 7. The summed E-state index contributed by atoms with van der Waals surface area (Å²) in [6.07, 6.45) is -13.4. The van der Waals surface area contributed by atoms with Gasteiger partial charge in [-0.3, -0.25) is 4.79 Å². The fourth-order valence-electron chi connectivity index (χ4n) is 2.87. The van der Waals surface area contributed by atoms with E-state index in [0.717, 1.165) is 0 Å². The fourth-order valence-corrected chi connectivity index (χ4v) is 2.87. The molecule has 2 aliphatic rings. The van der Waals surface area contributed by atoms with Gasteiger partial charge in [0.25, 0.3) is 0 Å². The van der Waals surface area contributed by atoms with Crippen molar-refractivity contribution in [2.45, 2.75) is 68.3 Å². The minimum atomic E-state index is -1.64. The summed E-state index contributed by atoms with van der Waals surface area (Å²) in [7, 11) is 0. The molecule has 2 rings (SSSR count). The van der Waals surface area contributed by atoms with Crippen LogP contribution in [0.2, 0.25) is 0 Å². The summed E-state index contributed by atoms with van der Waals surface area (Å²) < 4.78 is 15.5. The smallest absolute Gasteiger partial charge is 0.217 e. The van der Waals surface area contributed by atoms with Crippen LogP contribution in [-0.4, -0.2) is 116 Å². The van der Waals surface area contributed by atoms with Gasteiger partial charge >= 0.3 is 0 Å². The third kappa shape index (κ3) is 4.48. The van der Waals surface area contributed by atoms with E-state index < -0.39 is 80.5 Å². The van der Waals surface area contributed by atoms with E-state index in [4.69, 9.17) is 19.3 Å². The molecule has 0 aromatic rings. The number of carbonyl (C=O) groups excluding carboxylic acids is 1. The molecule has 0 saturated carbocycles. The van der Waals surface area contributed by atoms with E-state index in [1.807, 2.05) is 0 Å². The first-order valence-electron chi connectivity index (χ1n) is 8.06. The topological polar surface area (TPSA) is 198 Å². The normalized spacial score (nSPS) is 46.8. The monoisotopic (exact) mass is 383 g/mol. The first-order valence-corrected chi connectivity index (χ1v) is 8.06. The van der Waals surface area contributed by atoms with Crippen LogP contribution in [0.1, 0.15) is 6.92 Å². The van der Waals surface area contributed by atoms with Crippen molar-refractivity contribution in [3.05, 3.63) is 0 Å². The molecule has 0 radical (unpaired) electrons. The highest BCUT2D eigenvalue weighted by atomic mass is 16.7. The molecule has 10 atom stereocenters. The van der Waals surface area contributed by atoms with Crippen LogP contribution in [0.4, 0.5) is 0 Å². The van der Waals surface area contributed by atoms with Gasteiger partial charge in [-0.1, -0.05) is 0 Å². The van der Waals surface area contributed by atoms with Gasteiger partial charge in [-0.05, 0) is 0 Å². The Morgan fingerprint density at radius 1 is 0.923 bits per heavy atom.